The molecular weight excluding hydrogens is 246 g/mol. The van der Waals surface area contributed by atoms with Crippen molar-refractivity contribution in [2.45, 2.75) is 26.3 Å². The summed E-state index contributed by atoms with van der Waals surface area (Å²) in [7, 11) is 0. The molecule has 1 N–H and O–H groups in total. The first kappa shape index (κ1) is 11.2. The lowest BCUT2D eigenvalue weighted by atomic mass is 10.3. The summed E-state index contributed by atoms with van der Waals surface area (Å²) in [5.41, 5.74) is 0. The van der Waals surface area contributed by atoms with Crippen molar-refractivity contribution in [2.75, 3.05) is 6.54 Å². The molecule has 0 spiro atoms. The average Bonchev–Trinajstić information content (AvgIpc) is 2.52. The van der Waals surface area contributed by atoms with Crippen LogP contribution >= 0.6 is 15.9 Å². The van der Waals surface area contributed by atoms with Crippen LogP contribution in [0.15, 0.2) is 16.9 Å². The maximum atomic E-state index is 11.3. The molecule has 0 bridgehead atoms. The standard InChI is InChI=1S/C9H14BrN3O/c1-2-3-4-11-9(14)7-13-6-8(10)5-12-13/h5-6H,2-4,7H2,1H3,(H,11,14). The van der Waals surface area contributed by atoms with Crippen molar-refractivity contribution in [3.05, 3.63) is 16.9 Å². The molecule has 0 atom stereocenters. The molecule has 0 aromatic carbocycles. The summed E-state index contributed by atoms with van der Waals surface area (Å²) in [6, 6.07) is 0. The van der Waals surface area contributed by atoms with Crippen LogP contribution in [0.25, 0.3) is 0 Å². The first-order valence-corrected chi connectivity index (χ1v) is 5.46. The number of amides is 1. The zero-order valence-corrected chi connectivity index (χ0v) is 9.75. The molecule has 4 nitrogen and oxygen atoms in total. The van der Waals surface area contributed by atoms with Crippen molar-refractivity contribution < 1.29 is 4.79 Å². The molecule has 78 valence electrons. The third-order valence-corrected chi connectivity index (χ3v) is 2.17. The number of unbranched alkanes of at least 4 members (excludes halogenated alkanes) is 1. The first-order valence-electron chi connectivity index (χ1n) is 4.67. The second-order valence-electron chi connectivity index (χ2n) is 3.06. The van der Waals surface area contributed by atoms with Gasteiger partial charge in [0.2, 0.25) is 5.91 Å². The van der Waals surface area contributed by atoms with Gasteiger partial charge in [0.05, 0.1) is 10.7 Å². The van der Waals surface area contributed by atoms with Gasteiger partial charge in [0, 0.05) is 12.7 Å². The molecule has 0 fully saturated rings. The van der Waals surface area contributed by atoms with Crippen molar-refractivity contribution in [2.24, 2.45) is 0 Å². The summed E-state index contributed by atoms with van der Waals surface area (Å²) >= 11 is 3.27. The Bertz CT molecular complexity index is 298. The smallest absolute Gasteiger partial charge is 0.241 e. The van der Waals surface area contributed by atoms with Gasteiger partial charge in [-0.25, -0.2) is 0 Å². The summed E-state index contributed by atoms with van der Waals surface area (Å²) in [6.45, 7) is 3.13. The van der Waals surface area contributed by atoms with E-state index in [2.05, 4.69) is 33.3 Å². The van der Waals surface area contributed by atoms with Gasteiger partial charge in [-0.1, -0.05) is 13.3 Å². The van der Waals surface area contributed by atoms with Crippen LogP contribution in [0, 0.1) is 0 Å². The van der Waals surface area contributed by atoms with Crippen molar-refractivity contribution in [1.82, 2.24) is 15.1 Å². The minimum absolute atomic E-state index is 0.00838. The highest BCUT2D eigenvalue weighted by atomic mass is 79.9. The summed E-state index contributed by atoms with van der Waals surface area (Å²) in [5.74, 6) is 0.00838. The number of rotatable bonds is 5. The zero-order chi connectivity index (χ0) is 10.4. The number of carbonyl (C=O) groups excluding carboxylic acids is 1. The molecule has 0 aliphatic rings. The molecule has 1 heterocycles. The lowest BCUT2D eigenvalue weighted by Gasteiger charge is -2.03. The Kier molecular flexibility index (Phi) is 4.65. The Balaban J connectivity index is 2.27. The van der Waals surface area contributed by atoms with Crippen LogP contribution in [0.1, 0.15) is 19.8 Å². The van der Waals surface area contributed by atoms with Crippen molar-refractivity contribution in [3.63, 3.8) is 0 Å². The molecule has 0 aliphatic carbocycles. The molecule has 0 saturated carbocycles. The Morgan fingerprint density at radius 1 is 1.71 bits per heavy atom. The van der Waals surface area contributed by atoms with E-state index in [0.717, 1.165) is 23.9 Å². The highest BCUT2D eigenvalue weighted by Gasteiger charge is 2.02. The molecule has 1 aromatic rings. The van der Waals surface area contributed by atoms with Gasteiger partial charge in [0.15, 0.2) is 0 Å². The van der Waals surface area contributed by atoms with E-state index in [4.69, 9.17) is 0 Å². The van der Waals surface area contributed by atoms with Gasteiger partial charge in [-0.15, -0.1) is 0 Å². The number of hydrogen-bond acceptors (Lipinski definition) is 2. The Labute approximate surface area is 91.8 Å². The van der Waals surface area contributed by atoms with E-state index >= 15 is 0 Å². The normalized spacial score (nSPS) is 10.1. The predicted octanol–water partition coefficient (Wildman–Crippen LogP) is 1.56. The van der Waals surface area contributed by atoms with E-state index in [0.29, 0.717) is 0 Å². The quantitative estimate of drug-likeness (QED) is 0.817. The van der Waals surface area contributed by atoms with Crippen LogP contribution in [0.4, 0.5) is 0 Å². The Morgan fingerprint density at radius 3 is 3.07 bits per heavy atom. The fraction of sp³-hybridized carbons (Fsp3) is 0.556. The summed E-state index contributed by atoms with van der Waals surface area (Å²) < 4.78 is 2.49. The van der Waals surface area contributed by atoms with E-state index in [1.165, 1.54) is 0 Å². The van der Waals surface area contributed by atoms with Gasteiger partial charge in [-0.05, 0) is 22.4 Å². The third-order valence-electron chi connectivity index (χ3n) is 1.76. The molecule has 1 rings (SSSR count). The topological polar surface area (TPSA) is 46.9 Å². The van der Waals surface area contributed by atoms with Crippen molar-refractivity contribution in [3.8, 4) is 0 Å². The summed E-state index contributed by atoms with van der Waals surface area (Å²) in [6.07, 6.45) is 5.56. The Morgan fingerprint density at radius 2 is 2.50 bits per heavy atom. The van der Waals surface area contributed by atoms with Gasteiger partial charge >= 0.3 is 0 Å². The fourth-order valence-corrected chi connectivity index (χ4v) is 1.36. The van der Waals surface area contributed by atoms with Crippen LogP contribution < -0.4 is 5.32 Å². The summed E-state index contributed by atoms with van der Waals surface area (Å²) in [5, 5.41) is 6.82. The van der Waals surface area contributed by atoms with Crippen LogP contribution in [-0.2, 0) is 11.3 Å². The number of hydrogen-bond donors (Lipinski definition) is 1. The molecule has 0 unspecified atom stereocenters. The number of nitrogens with zero attached hydrogens (tertiary/aromatic N) is 2. The molecular formula is C9H14BrN3O. The number of carbonyl (C=O) groups is 1. The van der Waals surface area contributed by atoms with Gasteiger partial charge < -0.3 is 5.32 Å². The number of aromatic nitrogens is 2. The highest BCUT2D eigenvalue weighted by molar-refractivity contribution is 9.10. The highest BCUT2D eigenvalue weighted by Crippen LogP contribution is 2.05. The van der Waals surface area contributed by atoms with Gasteiger partial charge in [-0.3, -0.25) is 9.48 Å². The third kappa shape index (κ3) is 3.91. The number of nitrogens with one attached hydrogen (secondary N) is 1. The first-order chi connectivity index (χ1) is 6.72. The van der Waals surface area contributed by atoms with Crippen LogP contribution in [0.5, 0.6) is 0 Å². The van der Waals surface area contributed by atoms with Crippen LogP contribution in [0.2, 0.25) is 0 Å². The maximum Gasteiger partial charge on any atom is 0.241 e. The van der Waals surface area contributed by atoms with Gasteiger partial charge in [0.1, 0.15) is 6.54 Å². The zero-order valence-electron chi connectivity index (χ0n) is 8.16. The van der Waals surface area contributed by atoms with E-state index in [1.807, 2.05) is 0 Å². The van der Waals surface area contributed by atoms with Gasteiger partial charge in [0.25, 0.3) is 0 Å². The number of halogens is 1. The van der Waals surface area contributed by atoms with E-state index in [1.54, 1.807) is 17.1 Å². The van der Waals surface area contributed by atoms with Crippen LogP contribution in [-0.4, -0.2) is 22.2 Å². The molecule has 0 radical (unpaired) electrons. The van der Waals surface area contributed by atoms with E-state index in [-0.39, 0.29) is 12.5 Å². The second kappa shape index (κ2) is 5.80. The van der Waals surface area contributed by atoms with E-state index in [9.17, 15) is 4.79 Å². The van der Waals surface area contributed by atoms with Crippen molar-refractivity contribution in [1.29, 1.82) is 0 Å². The van der Waals surface area contributed by atoms with Gasteiger partial charge in [-0.2, -0.15) is 5.10 Å². The Hall–Kier alpha value is -0.840. The SMILES string of the molecule is CCCCNC(=O)Cn1cc(Br)cn1. The lowest BCUT2D eigenvalue weighted by molar-refractivity contribution is -0.121. The monoisotopic (exact) mass is 259 g/mol. The minimum atomic E-state index is 0.00838. The van der Waals surface area contributed by atoms with Crippen molar-refractivity contribution >= 4 is 21.8 Å². The molecule has 0 saturated heterocycles. The fourth-order valence-electron chi connectivity index (χ4n) is 1.03. The minimum Gasteiger partial charge on any atom is -0.354 e. The maximum absolute atomic E-state index is 11.3. The molecule has 14 heavy (non-hydrogen) atoms. The predicted molar refractivity (Wildman–Crippen MR) is 57.8 cm³/mol. The molecule has 5 heteroatoms. The molecule has 1 aromatic heterocycles. The van der Waals surface area contributed by atoms with E-state index < -0.39 is 0 Å². The molecule has 1 amide bonds. The molecule has 0 aliphatic heterocycles. The van der Waals surface area contributed by atoms with Crippen LogP contribution in [0.3, 0.4) is 0 Å². The summed E-state index contributed by atoms with van der Waals surface area (Å²) in [4.78, 5) is 11.3. The average molecular weight is 260 g/mol. The second-order valence-corrected chi connectivity index (χ2v) is 3.98. The largest absolute Gasteiger partial charge is 0.354 e. The lowest BCUT2D eigenvalue weighted by Crippen LogP contribution is -2.28.